The zero-order valence-corrected chi connectivity index (χ0v) is 13.9. The molecular formula is C18H22BrNO. The number of hydrogen-bond donors (Lipinski definition) is 2. The maximum atomic E-state index is 10.5. The van der Waals surface area contributed by atoms with Gasteiger partial charge in [0, 0.05) is 16.9 Å². The minimum absolute atomic E-state index is 0.0112. The van der Waals surface area contributed by atoms with E-state index >= 15 is 0 Å². The lowest BCUT2D eigenvalue weighted by atomic mass is 9.90. The zero-order valence-electron chi connectivity index (χ0n) is 12.3. The van der Waals surface area contributed by atoms with Gasteiger partial charge in [0.25, 0.3) is 0 Å². The van der Waals surface area contributed by atoms with Gasteiger partial charge in [0.05, 0.1) is 6.10 Å². The standard InChI is InChI=1S/C18H22BrNO/c1-13-3-2-4-14(11-13)5-10-18(21)17(12-20)15-6-8-16(19)9-7-15/h2-4,6-9,11,17-18,21H,5,10,12,20H2,1H3. The molecular weight excluding hydrogens is 326 g/mol. The topological polar surface area (TPSA) is 46.2 Å². The Morgan fingerprint density at radius 1 is 1.14 bits per heavy atom. The lowest BCUT2D eigenvalue weighted by Gasteiger charge is -2.22. The molecule has 3 heteroatoms. The van der Waals surface area contributed by atoms with Crippen LogP contribution in [-0.4, -0.2) is 17.8 Å². The largest absolute Gasteiger partial charge is 0.392 e. The summed E-state index contributed by atoms with van der Waals surface area (Å²) in [5, 5.41) is 10.5. The van der Waals surface area contributed by atoms with E-state index in [1.54, 1.807) is 0 Å². The molecule has 2 rings (SSSR count). The molecule has 2 aromatic rings. The summed E-state index contributed by atoms with van der Waals surface area (Å²) in [6, 6.07) is 16.5. The number of aliphatic hydroxyl groups excluding tert-OH is 1. The third kappa shape index (κ3) is 4.67. The molecule has 2 unspecified atom stereocenters. The van der Waals surface area contributed by atoms with Gasteiger partial charge in [-0.2, -0.15) is 0 Å². The Morgan fingerprint density at radius 2 is 1.86 bits per heavy atom. The van der Waals surface area contributed by atoms with Crippen molar-refractivity contribution >= 4 is 15.9 Å². The highest BCUT2D eigenvalue weighted by molar-refractivity contribution is 9.10. The highest BCUT2D eigenvalue weighted by atomic mass is 79.9. The second kappa shape index (κ2) is 7.74. The van der Waals surface area contributed by atoms with Crippen LogP contribution >= 0.6 is 15.9 Å². The molecule has 2 aromatic carbocycles. The molecule has 0 aliphatic carbocycles. The molecule has 0 aliphatic rings. The number of hydrogen-bond acceptors (Lipinski definition) is 2. The van der Waals surface area contributed by atoms with Crippen molar-refractivity contribution in [2.45, 2.75) is 31.8 Å². The summed E-state index contributed by atoms with van der Waals surface area (Å²) in [5.74, 6) is -0.0112. The molecule has 0 radical (unpaired) electrons. The van der Waals surface area contributed by atoms with Crippen LogP contribution in [0.2, 0.25) is 0 Å². The van der Waals surface area contributed by atoms with Crippen LogP contribution < -0.4 is 5.73 Å². The van der Waals surface area contributed by atoms with E-state index in [1.165, 1.54) is 11.1 Å². The van der Waals surface area contributed by atoms with Crippen molar-refractivity contribution in [3.8, 4) is 0 Å². The highest BCUT2D eigenvalue weighted by Crippen LogP contribution is 2.24. The van der Waals surface area contributed by atoms with Gasteiger partial charge in [-0.3, -0.25) is 0 Å². The first-order valence-corrected chi connectivity index (χ1v) is 8.08. The van der Waals surface area contributed by atoms with E-state index in [0.29, 0.717) is 6.54 Å². The average Bonchev–Trinajstić information content (AvgIpc) is 2.48. The van der Waals surface area contributed by atoms with E-state index < -0.39 is 6.10 Å². The van der Waals surface area contributed by atoms with Crippen molar-refractivity contribution in [3.05, 3.63) is 69.7 Å². The summed E-state index contributed by atoms with van der Waals surface area (Å²) in [6.45, 7) is 2.54. The molecule has 0 bridgehead atoms. The van der Waals surface area contributed by atoms with E-state index in [2.05, 4.69) is 47.1 Å². The molecule has 0 fully saturated rings. The predicted octanol–water partition coefficient (Wildman–Crippen LogP) is 3.79. The number of halogens is 1. The molecule has 0 amide bonds. The first-order chi connectivity index (χ1) is 10.1. The minimum Gasteiger partial charge on any atom is -0.392 e. The predicted molar refractivity (Wildman–Crippen MR) is 91.4 cm³/mol. The van der Waals surface area contributed by atoms with Gasteiger partial charge in [0.2, 0.25) is 0 Å². The van der Waals surface area contributed by atoms with E-state index in [1.807, 2.05) is 24.3 Å². The van der Waals surface area contributed by atoms with Gasteiger partial charge in [-0.25, -0.2) is 0 Å². The molecule has 112 valence electrons. The first-order valence-electron chi connectivity index (χ1n) is 7.29. The van der Waals surface area contributed by atoms with Crippen LogP contribution in [0, 0.1) is 6.92 Å². The van der Waals surface area contributed by atoms with Crippen molar-refractivity contribution < 1.29 is 5.11 Å². The summed E-state index contributed by atoms with van der Waals surface area (Å²) >= 11 is 3.43. The molecule has 0 aliphatic heterocycles. The first kappa shape index (κ1) is 16.2. The van der Waals surface area contributed by atoms with Crippen molar-refractivity contribution in [1.82, 2.24) is 0 Å². The van der Waals surface area contributed by atoms with Gasteiger partial charge in [-0.05, 0) is 43.0 Å². The molecule has 0 aromatic heterocycles. The van der Waals surface area contributed by atoms with Crippen LogP contribution in [0.25, 0.3) is 0 Å². The SMILES string of the molecule is Cc1cccc(CCC(O)C(CN)c2ccc(Br)cc2)c1. The molecule has 2 nitrogen and oxygen atoms in total. The lowest BCUT2D eigenvalue weighted by molar-refractivity contribution is 0.136. The third-order valence-corrected chi connectivity index (χ3v) is 4.36. The Hall–Kier alpha value is -1.16. The minimum atomic E-state index is -0.420. The van der Waals surface area contributed by atoms with Gasteiger partial charge >= 0.3 is 0 Å². The normalized spacial score (nSPS) is 13.9. The molecule has 3 N–H and O–H groups in total. The molecule has 0 heterocycles. The van der Waals surface area contributed by atoms with Crippen LogP contribution in [0.4, 0.5) is 0 Å². The van der Waals surface area contributed by atoms with Gasteiger partial charge < -0.3 is 10.8 Å². The smallest absolute Gasteiger partial charge is 0.0624 e. The molecule has 0 saturated carbocycles. The van der Waals surface area contributed by atoms with Crippen molar-refractivity contribution in [2.24, 2.45) is 5.73 Å². The van der Waals surface area contributed by atoms with Crippen molar-refractivity contribution in [2.75, 3.05) is 6.54 Å². The molecule has 0 saturated heterocycles. The fourth-order valence-corrected chi connectivity index (χ4v) is 2.87. The Labute approximate surface area is 135 Å². The fourth-order valence-electron chi connectivity index (χ4n) is 2.61. The van der Waals surface area contributed by atoms with Crippen molar-refractivity contribution in [3.63, 3.8) is 0 Å². The Kier molecular flexibility index (Phi) is 5.97. The van der Waals surface area contributed by atoms with E-state index in [-0.39, 0.29) is 5.92 Å². The number of aryl methyl sites for hydroxylation is 2. The van der Waals surface area contributed by atoms with Gasteiger partial charge in [0.1, 0.15) is 0 Å². The molecule has 0 spiro atoms. The quantitative estimate of drug-likeness (QED) is 0.834. The Balaban J connectivity index is 2.00. The second-order valence-electron chi connectivity index (χ2n) is 5.49. The average molecular weight is 348 g/mol. The Bertz CT molecular complexity index is 568. The van der Waals surface area contributed by atoms with Gasteiger partial charge in [-0.15, -0.1) is 0 Å². The third-order valence-electron chi connectivity index (χ3n) is 3.83. The summed E-state index contributed by atoms with van der Waals surface area (Å²) in [4.78, 5) is 0. The second-order valence-corrected chi connectivity index (χ2v) is 6.40. The van der Waals surface area contributed by atoms with Crippen molar-refractivity contribution in [1.29, 1.82) is 0 Å². The van der Waals surface area contributed by atoms with Crippen LogP contribution in [0.3, 0.4) is 0 Å². The van der Waals surface area contributed by atoms with E-state index in [4.69, 9.17) is 5.73 Å². The number of nitrogens with two attached hydrogens (primary N) is 1. The summed E-state index contributed by atoms with van der Waals surface area (Å²) in [7, 11) is 0. The number of rotatable bonds is 6. The lowest BCUT2D eigenvalue weighted by Crippen LogP contribution is -2.26. The zero-order chi connectivity index (χ0) is 15.2. The molecule has 21 heavy (non-hydrogen) atoms. The van der Waals surface area contributed by atoms with E-state index in [9.17, 15) is 5.11 Å². The molecule has 2 atom stereocenters. The van der Waals surface area contributed by atoms with E-state index in [0.717, 1.165) is 22.9 Å². The maximum Gasteiger partial charge on any atom is 0.0624 e. The summed E-state index contributed by atoms with van der Waals surface area (Å²) in [6.07, 6.45) is 1.17. The number of aliphatic hydroxyl groups is 1. The summed E-state index contributed by atoms with van der Waals surface area (Å²) < 4.78 is 1.04. The van der Waals surface area contributed by atoms with Crippen LogP contribution in [0.5, 0.6) is 0 Å². The van der Waals surface area contributed by atoms with Gasteiger partial charge in [-0.1, -0.05) is 57.9 Å². The Morgan fingerprint density at radius 3 is 2.48 bits per heavy atom. The monoisotopic (exact) mass is 347 g/mol. The van der Waals surface area contributed by atoms with Crippen LogP contribution in [0.15, 0.2) is 53.0 Å². The maximum absolute atomic E-state index is 10.5. The highest BCUT2D eigenvalue weighted by Gasteiger charge is 2.19. The van der Waals surface area contributed by atoms with Crippen LogP contribution in [-0.2, 0) is 6.42 Å². The summed E-state index contributed by atoms with van der Waals surface area (Å²) in [5.41, 5.74) is 9.48. The fraction of sp³-hybridized carbons (Fsp3) is 0.333. The van der Waals surface area contributed by atoms with Crippen LogP contribution in [0.1, 0.15) is 29.0 Å². The van der Waals surface area contributed by atoms with Gasteiger partial charge in [0.15, 0.2) is 0 Å². The number of benzene rings is 2.